The minimum atomic E-state index is -5.68. The van der Waals surface area contributed by atoms with E-state index in [4.69, 9.17) is 23.2 Å². The molecule has 9 aliphatic rings. The Hall–Kier alpha value is -7.32. The van der Waals surface area contributed by atoms with Crippen molar-refractivity contribution in [3.8, 4) is 0 Å². The molecule has 0 amide bonds. The van der Waals surface area contributed by atoms with Crippen molar-refractivity contribution in [3.63, 3.8) is 0 Å². The molecule has 15 unspecified atom stereocenters. The van der Waals surface area contributed by atoms with Crippen molar-refractivity contribution in [1.82, 2.24) is 0 Å². The molecule has 0 aliphatic carbocycles. The highest BCUT2D eigenvalue weighted by atomic mass is 35.5. The zero-order valence-corrected chi connectivity index (χ0v) is 48.7. The summed E-state index contributed by atoms with van der Waals surface area (Å²) in [5.41, 5.74) is 0. The fraction of sp³-hybridized carbons (Fsp3) is 0.791. The summed E-state index contributed by atoms with van der Waals surface area (Å²) < 4.78 is 301. The van der Waals surface area contributed by atoms with Gasteiger partial charge in [-0.1, -0.05) is 37.0 Å². The second-order valence-electron chi connectivity index (χ2n) is 18.3. The van der Waals surface area contributed by atoms with Crippen LogP contribution in [-0.2, 0) is 85.3 Å². The van der Waals surface area contributed by atoms with Gasteiger partial charge in [0.25, 0.3) is 36.7 Å². The molecular weight excluding hydrogens is 1380 g/mol. The molecule has 9 aliphatic heterocycles. The number of hydrogen-bond donors (Lipinski definition) is 0. The van der Waals surface area contributed by atoms with Crippen LogP contribution in [0.25, 0.3) is 0 Å². The van der Waals surface area contributed by atoms with E-state index < -0.39 is 169 Å². The lowest BCUT2D eigenvalue weighted by Crippen LogP contribution is -2.53. The maximum Gasteiger partial charge on any atom is 0.514 e. The quantitative estimate of drug-likeness (QED) is 0.110. The highest BCUT2D eigenvalue weighted by molar-refractivity contribution is 6.34. The first-order valence-corrected chi connectivity index (χ1v) is 24.8. The third-order valence-electron chi connectivity index (χ3n) is 10.8. The zero-order chi connectivity index (χ0) is 71.6. The Morgan fingerprint density at radius 3 is 0.967 bits per heavy atom. The van der Waals surface area contributed by atoms with Crippen molar-refractivity contribution in [2.24, 2.45) is 0 Å². The van der Waals surface area contributed by atoms with Gasteiger partial charge in [-0.3, -0.25) is 0 Å². The smallest absolute Gasteiger partial charge is 0.427 e. The molecular formula is C43H47Cl2F19O27. The fourth-order valence-corrected chi connectivity index (χ4v) is 5.61. The molecule has 15 atom stereocenters. The second kappa shape index (κ2) is 30.0. The van der Waals surface area contributed by atoms with Crippen LogP contribution in [-0.4, -0.2) is 181 Å². The molecule has 0 aromatic rings. The SMILES string of the molecule is CC(F)(F)C1OC(=O)OC1(F)F.CC1(Cl)OC(=O)OC1(C)Cl.CC1(F)OC(=O)OC1(F)C(F)(F)F.CC1OC(=O)OC1(C)F.CC1OC(=O)OC1(F)F.CC1OC(=O)OC1C.CCC1OC(=O)OC1(F)F.CCC1OC(=O)OC1F.O=C1OC(F)C(C(F)(F)F)O1. The summed E-state index contributed by atoms with van der Waals surface area (Å²) in [4.78, 5) is 91.1. The minimum Gasteiger partial charge on any atom is -0.427 e. The first-order chi connectivity index (χ1) is 40.6. The molecule has 48 heteroatoms. The summed E-state index contributed by atoms with van der Waals surface area (Å²) in [6.45, 7) is 13.7. The highest BCUT2D eigenvalue weighted by Crippen LogP contribution is 2.50. The molecule has 0 aromatic carbocycles. The lowest BCUT2D eigenvalue weighted by molar-refractivity contribution is -0.355. The second-order valence-corrected chi connectivity index (χ2v) is 19.7. The normalized spacial score (nSPS) is 35.4. The molecule has 0 aromatic heterocycles. The zero-order valence-electron chi connectivity index (χ0n) is 47.1. The molecule has 27 nitrogen and oxygen atoms in total. The maximum absolute atomic E-state index is 12.8. The number of rotatable bonds is 3. The number of carbonyl (C=O) groups excluding carboxylic acids is 9. The minimum absolute atomic E-state index is 0.0543. The molecule has 9 saturated heterocycles. The first kappa shape index (κ1) is 81.7. The van der Waals surface area contributed by atoms with Gasteiger partial charge in [0.2, 0.25) is 22.3 Å². The molecule has 9 heterocycles. The lowest BCUT2D eigenvalue weighted by Gasteiger charge is -2.26. The van der Waals surface area contributed by atoms with Crippen LogP contribution in [0.1, 0.15) is 89.0 Å². The van der Waals surface area contributed by atoms with Gasteiger partial charge in [-0.15, -0.1) is 0 Å². The topological polar surface area (TPSA) is 320 Å². The number of cyclic esters (lactones) is 18. The summed E-state index contributed by atoms with van der Waals surface area (Å²) >= 11 is 11.3. The number of carbonyl (C=O) groups is 9. The fourth-order valence-electron chi connectivity index (χ4n) is 5.40. The van der Waals surface area contributed by atoms with Crippen molar-refractivity contribution in [1.29, 1.82) is 0 Å². The van der Waals surface area contributed by atoms with Gasteiger partial charge in [0.05, 0.1) is 0 Å². The van der Waals surface area contributed by atoms with Gasteiger partial charge in [-0.25, -0.2) is 51.9 Å². The third-order valence-corrected chi connectivity index (χ3v) is 11.8. The van der Waals surface area contributed by atoms with E-state index in [1.165, 1.54) is 27.7 Å². The molecule has 0 radical (unpaired) electrons. The average Bonchev–Trinajstić information content (AvgIpc) is 1.66. The van der Waals surface area contributed by atoms with Crippen LogP contribution in [0.15, 0.2) is 0 Å². The van der Waals surface area contributed by atoms with Crippen LogP contribution in [0.2, 0.25) is 0 Å². The van der Waals surface area contributed by atoms with E-state index in [0.717, 1.165) is 13.8 Å². The van der Waals surface area contributed by atoms with Gasteiger partial charge in [0, 0.05) is 20.8 Å². The number of ether oxygens (including phenoxy) is 18. The van der Waals surface area contributed by atoms with Gasteiger partial charge in [0.1, 0.15) is 12.2 Å². The Labute approximate surface area is 504 Å². The van der Waals surface area contributed by atoms with E-state index in [-0.39, 0.29) is 32.5 Å². The molecule has 91 heavy (non-hydrogen) atoms. The summed E-state index contributed by atoms with van der Waals surface area (Å²) in [7, 11) is 0. The van der Waals surface area contributed by atoms with Crippen LogP contribution in [0.3, 0.4) is 0 Å². The van der Waals surface area contributed by atoms with Crippen molar-refractivity contribution in [2.45, 2.75) is 215 Å². The van der Waals surface area contributed by atoms with Crippen LogP contribution < -0.4 is 0 Å². The number of halogens is 21. The predicted molar refractivity (Wildman–Crippen MR) is 240 cm³/mol. The Balaban J connectivity index is 0.000000514. The van der Waals surface area contributed by atoms with Gasteiger partial charge in [-0.05, 0) is 54.4 Å². The first-order valence-electron chi connectivity index (χ1n) is 24.1. The van der Waals surface area contributed by atoms with Gasteiger partial charge >= 0.3 is 97.8 Å². The van der Waals surface area contributed by atoms with E-state index in [9.17, 15) is 127 Å². The van der Waals surface area contributed by atoms with Crippen molar-refractivity contribution >= 4 is 78.6 Å². The summed E-state index contributed by atoms with van der Waals surface area (Å²) in [5, 5.41) is -2.54. The van der Waals surface area contributed by atoms with Crippen molar-refractivity contribution < 1.29 is 212 Å². The molecule has 0 bridgehead atoms. The van der Waals surface area contributed by atoms with Crippen LogP contribution in [0.4, 0.5) is 127 Å². The summed E-state index contributed by atoms with van der Waals surface area (Å²) in [6.07, 6.45) is -47.0. The van der Waals surface area contributed by atoms with Gasteiger partial charge in [-0.2, -0.15) is 74.6 Å². The van der Waals surface area contributed by atoms with Crippen LogP contribution in [0, 0.1) is 0 Å². The Morgan fingerprint density at radius 1 is 0.418 bits per heavy atom. The maximum atomic E-state index is 12.8. The molecule has 9 rings (SSSR count). The number of hydrogen-bond acceptors (Lipinski definition) is 27. The third kappa shape index (κ3) is 23.4. The summed E-state index contributed by atoms with van der Waals surface area (Å²) in [6, 6.07) is 0. The van der Waals surface area contributed by atoms with Crippen molar-refractivity contribution in [3.05, 3.63) is 0 Å². The van der Waals surface area contributed by atoms with E-state index in [0.29, 0.717) is 6.42 Å². The molecule has 0 N–H and O–H groups in total. The van der Waals surface area contributed by atoms with E-state index >= 15 is 0 Å². The molecule has 0 saturated carbocycles. The number of alkyl halides is 21. The van der Waals surface area contributed by atoms with Gasteiger partial charge < -0.3 is 85.3 Å². The predicted octanol–water partition coefficient (Wildman–Crippen LogP) is 13.3. The monoisotopic (exact) mass is 1430 g/mol. The van der Waals surface area contributed by atoms with Crippen LogP contribution in [0.5, 0.6) is 0 Å². The van der Waals surface area contributed by atoms with E-state index in [2.05, 4.69) is 85.3 Å². The van der Waals surface area contributed by atoms with E-state index in [1.54, 1.807) is 20.8 Å². The van der Waals surface area contributed by atoms with Gasteiger partial charge in [0.15, 0.2) is 12.2 Å². The lowest BCUT2D eigenvalue weighted by atomic mass is 10.1. The molecule has 9 fully saturated rings. The largest absolute Gasteiger partial charge is 0.514 e. The van der Waals surface area contributed by atoms with Crippen LogP contribution >= 0.6 is 23.2 Å². The molecule has 528 valence electrons. The summed E-state index contributed by atoms with van der Waals surface area (Å²) in [5.74, 6) is -14.4. The highest BCUT2D eigenvalue weighted by Gasteiger charge is 2.78. The van der Waals surface area contributed by atoms with E-state index in [1.807, 2.05) is 0 Å². The average molecular weight is 1430 g/mol. The Morgan fingerprint density at radius 2 is 0.813 bits per heavy atom. The molecule has 0 spiro atoms. The van der Waals surface area contributed by atoms with Crippen molar-refractivity contribution in [2.75, 3.05) is 0 Å². The standard InChI is InChI=1S/C5H6Cl2O3.C5H3F5O3.C5H4F4O3.C5H6F2O3.2C5H7FO3.C5H8O3.C4H2F4O3.C4H4F2O3/c1-4(6)5(2,7)10-3(8)9-4;1-3(6)4(7,5(8,9)10)13-2(11)12-3;1-4(6,7)2-5(8,9)12-3(10)11-2;1-2-3-5(6,7)10-4(8)9-3;1-3-5(2,6)9-4(7)8-3;1-2-3-4(6)9-5(7)8-3;1-3-4(2)8-5(6)7-3;5-2-1(4(6,7)8)10-3(9)11-2;1-2-4(5,6)9-3(7)8-2/h1-2H3;1H3;2H,1H3;3H,2H2,1H3;3H,1-2H3;3-4H,2H2,1H3;3-4H,1-2H3;1-2H;2H,1H3. The Bertz CT molecular complexity index is 2510. The Kier molecular flexibility index (Phi) is 26.9.